The first kappa shape index (κ1) is 15.5. The Morgan fingerprint density at radius 1 is 1.38 bits per heavy atom. The molecular weight excluding hydrogens is 318 g/mol. The Labute approximate surface area is 140 Å². The molecule has 2 aromatic rings. The van der Waals surface area contributed by atoms with Crippen LogP contribution in [0.1, 0.15) is 47.4 Å². The zero-order valence-corrected chi connectivity index (χ0v) is 14.8. The highest BCUT2D eigenvalue weighted by Crippen LogP contribution is 2.38. The molecule has 0 bridgehead atoms. The van der Waals surface area contributed by atoms with Gasteiger partial charge in [-0.05, 0) is 67.8 Å². The van der Waals surface area contributed by atoms with Gasteiger partial charge >= 0.3 is 0 Å². The Hall–Kier alpha value is -0.350. The van der Waals surface area contributed by atoms with Gasteiger partial charge in [0.05, 0.1) is 4.34 Å². The summed E-state index contributed by atoms with van der Waals surface area (Å²) in [5, 5.41) is 6.06. The van der Waals surface area contributed by atoms with E-state index in [1.165, 1.54) is 30.6 Å². The van der Waals surface area contributed by atoms with E-state index in [-0.39, 0.29) is 0 Å². The number of hydrogen-bond acceptors (Lipinski definition) is 3. The van der Waals surface area contributed by atoms with Crippen molar-refractivity contribution in [3.05, 3.63) is 43.2 Å². The van der Waals surface area contributed by atoms with Gasteiger partial charge in [-0.25, -0.2) is 0 Å². The number of halogens is 1. The Kier molecular flexibility index (Phi) is 5.38. The van der Waals surface area contributed by atoms with Crippen LogP contribution in [0.15, 0.2) is 23.6 Å². The van der Waals surface area contributed by atoms with Gasteiger partial charge in [-0.15, -0.1) is 22.7 Å². The van der Waals surface area contributed by atoms with Crippen molar-refractivity contribution in [3.8, 4) is 0 Å². The number of fused-ring (bicyclic) bond motifs is 1. The number of thiophene rings is 2. The van der Waals surface area contributed by atoms with E-state index < -0.39 is 0 Å². The van der Waals surface area contributed by atoms with E-state index >= 15 is 0 Å². The molecule has 3 rings (SSSR count). The van der Waals surface area contributed by atoms with E-state index in [1.807, 2.05) is 17.4 Å². The van der Waals surface area contributed by atoms with Crippen LogP contribution in [0, 0.1) is 0 Å². The van der Waals surface area contributed by atoms with Crippen LogP contribution < -0.4 is 5.32 Å². The number of aryl methyl sites for hydroxylation is 1. The van der Waals surface area contributed by atoms with Gasteiger partial charge in [0.15, 0.2) is 0 Å². The largest absolute Gasteiger partial charge is 0.313 e. The molecule has 0 spiro atoms. The third-order valence-corrected chi connectivity index (χ3v) is 6.54. The zero-order valence-electron chi connectivity index (χ0n) is 12.4. The normalized spacial score (nSPS) is 19.4. The van der Waals surface area contributed by atoms with Crippen molar-refractivity contribution >= 4 is 34.3 Å². The van der Waals surface area contributed by atoms with E-state index in [1.54, 1.807) is 21.8 Å². The van der Waals surface area contributed by atoms with Crippen molar-refractivity contribution in [1.82, 2.24) is 5.32 Å². The van der Waals surface area contributed by atoms with Crippen molar-refractivity contribution in [2.75, 3.05) is 6.54 Å². The highest BCUT2D eigenvalue weighted by molar-refractivity contribution is 7.16. The molecule has 2 unspecified atom stereocenters. The summed E-state index contributed by atoms with van der Waals surface area (Å²) in [7, 11) is 0. The molecule has 0 aliphatic heterocycles. The van der Waals surface area contributed by atoms with Gasteiger partial charge in [-0.2, -0.15) is 0 Å². The average Bonchev–Trinajstić information content (AvgIpc) is 3.11. The van der Waals surface area contributed by atoms with Crippen LogP contribution in [0.4, 0.5) is 0 Å². The van der Waals surface area contributed by atoms with Gasteiger partial charge in [0.1, 0.15) is 0 Å². The van der Waals surface area contributed by atoms with Crippen LogP contribution in [-0.4, -0.2) is 12.6 Å². The molecule has 0 saturated heterocycles. The SMILES string of the molecule is CCCNC(Cc1ccc(Cl)s1)C1CCCc2sccc21. The summed E-state index contributed by atoms with van der Waals surface area (Å²) in [5.74, 6) is 0.660. The first-order valence-corrected chi connectivity index (χ1v) is 9.89. The van der Waals surface area contributed by atoms with Crippen molar-refractivity contribution < 1.29 is 0 Å². The fraction of sp³-hybridized carbons (Fsp3) is 0.529. The van der Waals surface area contributed by atoms with Crippen molar-refractivity contribution in [3.63, 3.8) is 0 Å². The highest BCUT2D eigenvalue weighted by atomic mass is 35.5. The third kappa shape index (κ3) is 3.70. The fourth-order valence-electron chi connectivity index (χ4n) is 3.30. The number of nitrogens with one attached hydrogen (secondary N) is 1. The second-order valence-corrected chi connectivity index (χ2v) is 8.57. The van der Waals surface area contributed by atoms with Crippen molar-refractivity contribution in [1.29, 1.82) is 0 Å². The second kappa shape index (κ2) is 7.28. The molecule has 0 amide bonds. The summed E-state index contributed by atoms with van der Waals surface area (Å²) in [6, 6.07) is 7.10. The van der Waals surface area contributed by atoms with E-state index in [0.717, 1.165) is 17.3 Å². The van der Waals surface area contributed by atoms with E-state index in [0.29, 0.717) is 12.0 Å². The minimum absolute atomic E-state index is 0.535. The summed E-state index contributed by atoms with van der Waals surface area (Å²) in [6.45, 7) is 3.34. The Morgan fingerprint density at radius 2 is 2.29 bits per heavy atom. The maximum atomic E-state index is 6.10. The van der Waals surface area contributed by atoms with E-state index in [9.17, 15) is 0 Å². The molecule has 0 saturated carbocycles. The predicted molar refractivity (Wildman–Crippen MR) is 95.1 cm³/mol. The quantitative estimate of drug-likeness (QED) is 0.733. The summed E-state index contributed by atoms with van der Waals surface area (Å²) in [5.41, 5.74) is 1.60. The third-order valence-electron chi connectivity index (χ3n) is 4.29. The monoisotopic (exact) mass is 339 g/mol. The molecule has 0 fully saturated rings. The first-order chi connectivity index (χ1) is 10.3. The average molecular weight is 340 g/mol. The Morgan fingerprint density at radius 3 is 3.05 bits per heavy atom. The highest BCUT2D eigenvalue weighted by Gasteiger charge is 2.28. The molecule has 1 aliphatic carbocycles. The van der Waals surface area contributed by atoms with E-state index in [2.05, 4.69) is 29.8 Å². The smallest absolute Gasteiger partial charge is 0.0931 e. The molecule has 1 aliphatic rings. The summed E-state index contributed by atoms with van der Waals surface area (Å²) in [6.07, 6.45) is 6.19. The molecular formula is C17H22ClNS2. The molecule has 0 aromatic carbocycles. The van der Waals surface area contributed by atoms with Crippen LogP contribution in [-0.2, 0) is 12.8 Å². The van der Waals surface area contributed by atoms with Crippen LogP contribution in [0.3, 0.4) is 0 Å². The van der Waals surface area contributed by atoms with Crippen LogP contribution in [0.2, 0.25) is 4.34 Å². The topological polar surface area (TPSA) is 12.0 Å². The Bertz CT molecular complexity index is 575. The van der Waals surface area contributed by atoms with Gasteiger partial charge in [0, 0.05) is 21.7 Å². The van der Waals surface area contributed by atoms with Gasteiger partial charge in [-0.3, -0.25) is 0 Å². The van der Waals surface area contributed by atoms with Gasteiger partial charge in [-0.1, -0.05) is 18.5 Å². The summed E-state index contributed by atoms with van der Waals surface area (Å²) < 4.78 is 0.902. The number of hydrogen-bond donors (Lipinski definition) is 1. The van der Waals surface area contributed by atoms with Gasteiger partial charge in [0.2, 0.25) is 0 Å². The van der Waals surface area contributed by atoms with Crippen molar-refractivity contribution in [2.45, 2.75) is 51.0 Å². The molecule has 1 nitrogen and oxygen atoms in total. The lowest BCUT2D eigenvalue weighted by atomic mass is 9.81. The number of rotatable bonds is 6. The molecule has 114 valence electrons. The lowest BCUT2D eigenvalue weighted by Crippen LogP contribution is -2.38. The molecule has 2 heterocycles. The molecule has 4 heteroatoms. The van der Waals surface area contributed by atoms with Crippen LogP contribution in [0.25, 0.3) is 0 Å². The maximum absolute atomic E-state index is 6.10. The van der Waals surface area contributed by atoms with Gasteiger partial charge in [0.25, 0.3) is 0 Å². The minimum Gasteiger partial charge on any atom is -0.313 e. The fourth-order valence-corrected chi connectivity index (χ4v) is 5.45. The van der Waals surface area contributed by atoms with E-state index in [4.69, 9.17) is 11.6 Å². The molecule has 1 N–H and O–H groups in total. The molecule has 2 aromatic heterocycles. The standard InChI is InChI=1S/C17H22ClNS2/c1-2-9-19-15(11-12-6-7-17(18)21-12)13-4-3-5-16-14(13)8-10-20-16/h6-8,10,13,15,19H,2-5,9,11H2,1H3. The predicted octanol–water partition coefficient (Wildman–Crippen LogP) is 5.49. The summed E-state index contributed by atoms with van der Waals surface area (Å²) >= 11 is 9.76. The van der Waals surface area contributed by atoms with Gasteiger partial charge < -0.3 is 5.32 Å². The molecule has 2 atom stereocenters. The Balaban J connectivity index is 1.79. The second-order valence-electron chi connectivity index (χ2n) is 5.77. The lowest BCUT2D eigenvalue weighted by molar-refractivity contribution is 0.393. The molecule has 21 heavy (non-hydrogen) atoms. The molecule has 0 radical (unpaired) electrons. The first-order valence-electron chi connectivity index (χ1n) is 7.81. The lowest BCUT2D eigenvalue weighted by Gasteiger charge is -2.31. The minimum atomic E-state index is 0.535. The van der Waals surface area contributed by atoms with Crippen LogP contribution >= 0.6 is 34.3 Å². The van der Waals surface area contributed by atoms with Crippen LogP contribution in [0.5, 0.6) is 0 Å². The maximum Gasteiger partial charge on any atom is 0.0931 e. The summed E-state index contributed by atoms with van der Waals surface area (Å²) in [4.78, 5) is 3.01. The van der Waals surface area contributed by atoms with Crippen molar-refractivity contribution in [2.24, 2.45) is 0 Å². The zero-order chi connectivity index (χ0) is 14.7.